The minimum absolute atomic E-state index is 0.146. The third-order valence-corrected chi connectivity index (χ3v) is 7.22. The molecule has 2 aliphatic heterocycles. The van der Waals surface area contributed by atoms with Crippen molar-refractivity contribution >= 4 is 41.0 Å². The number of urea groups is 1. The summed E-state index contributed by atoms with van der Waals surface area (Å²) in [5, 5.41) is 8.54. The van der Waals surface area contributed by atoms with Gasteiger partial charge in [0.25, 0.3) is 5.91 Å². The molecule has 0 aromatic heterocycles. The van der Waals surface area contributed by atoms with Gasteiger partial charge in [-0.15, -0.1) is 0 Å². The van der Waals surface area contributed by atoms with E-state index >= 15 is 0 Å². The fraction of sp³-hybridized carbons (Fsp3) is 0.360. The summed E-state index contributed by atoms with van der Waals surface area (Å²) in [7, 11) is 0. The molecule has 2 heterocycles. The lowest BCUT2D eigenvalue weighted by atomic mass is 9.85. The van der Waals surface area contributed by atoms with Crippen molar-refractivity contribution < 1.29 is 19.2 Å². The van der Waals surface area contributed by atoms with Gasteiger partial charge in [0, 0.05) is 29.2 Å². The second-order valence-corrected chi connectivity index (χ2v) is 9.48. The van der Waals surface area contributed by atoms with Gasteiger partial charge in [-0.3, -0.25) is 19.7 Å². The molecule has 5 rings (SSSR count). The minimum atomic E-state index is -0.637. The molecule has 34 heavy (non-hydrogen) atoms. The summed E-state index contributed by atoms with van der Waals surface area (Å²) in [6.45, 7) is 2.14. The molecule has 2 atom stereocenters. The second kappa shape index (κ2) is 8.76. The summed E-state index contributed by atoms with van der Waals surface area (Å²) in [5.41, 5.74) is 5.01. The van der Waals surface area contributed by atoms with Crippen molar-refractivity contribution in [2.24, 2.45) is 0 Å². The van der Waals surface area contributed by atoms with Gasteiger partial charge in [0.1, 0.15) is 6.04 Å². The summed E-state index contributed by atoms with van der Waals surface area (Å²) in [6.07, 6.45) is 3.11. The third-order valence-electron chi connectivity index (χ3n) is 6.81. The first kappa shape index (κ1) is 22.4. The predicted octanol–water partition coefficient (Wildman–Crippen LogP) is 3.61. The Morgan fingerprint density at radius 1 is 1.12 bits per heavy atom. The van der Waals surface area contributed by atoms with Crippen LogP contribution in [0.25, 0.3) is 0 Å². The average Bonchev–Trinajstić information content (AvgIpc) is 3.08. The number of nitrogens with one attached hydrogen (secondary N) is 3. The van der Waals surface area contributed by atoms with Gasteiger partial charge in [0.2, 0.25) is 11.8 Å². The number of amides is 5. The van der Waals surface area contributed by atoms with Gasteiger partial charge in [-0.05, 0) is 73.1 Å². The molecule has 8 nitrogen and oxygen atoms in total. The molecule has 5 amide bonds. The first-order valence-electron chi connectivity index (χ1n) is 11.4. The van der Waals surface area contributed by atoms with Crippen LogP contribution < -0.4 is 16.0 Å². The van der Waals surface area contributed by atoms with E-state index in [2.05, 4.69) is 16.0 Å². The lowest BCUT2D eigenvalue weighted by Gasteiger charge is -2.36. The topological polar surface area (TPSA) is 108 Å². The SMILES string of the molecule is Cc1ccc(NC(=O)NCc2cc3c4c(c2)C(=O)N(C2CCC(=O)NC2=O)C4CCC3)cc1Cl. The van der Waals surface area contributed by atoms with E-state index in [9.17, 15) is 19.2 Å². The Balaban J connectivity index is 1.33. The molecule has 9 heteroatoms. The smallest absolute Gasteiger partial charge is 0.319 e. The van der Waals surface area contributed by atoms with E-state index in [0.29, 0.717) is 22.7 Å². The van der Waals surface area contributed by atoms with Crippen molar-refractivity contribution in [3.63, 3.8) is 0 Å². The Labute approximate surface area is 202 Å². The zero-order valence-corrected chi connectivity index (χ0v) is 19.5. The van der Waals surface area contributed by atoms with Crippen LogP contribution in [-0.2, 0) is 22.6 Å². The zero-order valence-electron chi connectivity index (χ0n) is 18.7. The lowest BCUT2D eigenvalue weighted by Crippen LogP contribution is -2.53. The van der Waals surface area contributed by atoms with Gasteiger partial charge in [-0.1, -0.05) is 23.7 Å². The molecule has 1 aliphatic carbocycles. The Morgan fingerprint density at radius 3 is 2.71 bits per heavy atom. The number of anilines is 1. The van der Waals surface area contributed by atoms with Gasteiger partial charge in [0.05, 0.1) is 6.04 Å². The third kappa shape index (κ3) is 4.03. The standard InChI is InChI=1S/C25H25ClN4O4/c1-13-5-6-16(11-18(13)26)28-25(34)27-12-14-9-15-3-2-4-19-22(15)17(10-14)24(33)30(19)20-7-8-21(31)29-23(20)32/h5-6,9-11,19-20H,2-4,7-8,12H2,1H3,(H2,27,28,34)(H,29,31,32). The highest BCUT2D eigenvalue weighted by Crippen LogP contribution is 2.45. The normalized spacial score (nSPS) is 21.2. The molecule has 3 aliphatic rings. The number of hydrogen-bond donors (Lipinski definition) is 3. The van der Waals surface area contributed by atoms with Crippen molar-refractivity contribution in [1.82, 2.24) is 15.5 Å². The highest BCUT2D eigenvalue weighted by molar-refractivity contribution is 6.31. The summed E-state index contributed by atoms with van der Waals surface area (Å²) < 4.78 is 0. The Bertz CT molecular complexity index is 1230. The maximum Gasteiger partial charge on any atom is 0.319 e. The van der Waals surface area contributed by atoms with Crippen LogP contribution in [0, 0.1) is 6.92 Å². The fourth-order valence-corrected chi connectivity index (χ4v) is 5.36. The molecule has 2 unspecified atom stereocenters. The van der Waals surface area contributed by atoms with Crippen LogP contribution in [-0.4, -0.2) is 34.7 Å². The monoisotopic (exact) mass is 480 g/mol. The molecule has 0 radical (unpaired) electrons. The van der Waals surface area contributed by atoms with Crippen molar-refractivity contribution in [1.29, 1.82) is 0 Å². The number of hydrogen-bond acceptors (Lipinski definition) is 4. The molecule has 0 spiro atoms. The molecule has 1 fully saturated rings. The van der Waals surface area contributed by atoms with E-state index in [-0.39, 0.29) is 36.9 Å². The van der Waals surface area contributed by atoms with Crippen molar-refractivity contribution in [2.45, 2.75) is 57.7 Å². The van der Waals surface area contributed by atoms with Crippen LogP contribution in [0.2, 0.25) is 5.02 Å². The number of piperidine rings is 1. The van der Waals surface area contributed by atoms with Crippen molar-refractivity contribution in [3.05, 3.63) is 63.2 Å². The Kier molecular flexibility index (Phi) is 5.77. The van der Waals surface area contributed by atoms with Gasteiger partial charge in [-0.2, -0.15) is 0 Å². The van der Waals surface area contributed by atoms with Crippen LogP contribution in [0.4, 0.5) is 10.5 Å². The number of aryl methyl sites for hydroxylation is 2. The van der Waals surface area contributed by atoms with Crippen molar-refractivity contribution in [3.8, 4) is 0 Å². The van der Waals surface area contributed by atoms with E-state index in [0.717, 1.165) is 41.5 Å². The van der Waals surface area contributed by atoms with Crippen LogP contribution >= 0.6 is 11.6 Å². The van der Waals surface area contributed by atoms with Crippen LogP contribution in [0.3, 0.4) is 0 Å². The van der Waals surface area contributed by atoms with E-state index < -0.39 is 11.9 Å². The van der Waals surface area contributed by atoms with E-state index in [1.54, 1.807) is 17.0 Å². The van der Waals surface area contributed by atoms with Gasteiger partial charge < -0.3 is 15.5 Å². The summed E-state index contributed by atoms with van der Waals surface area (Å²) >= 11 is 6.12. The largest absolute Gasteiger partial charge is 0.334 e. The maximum absolute atomic E-state index is 13.4. The molecule has 0 bridgehead atoms. The molecular weight excluding hydrogens is 456 g/mol. The van der Waals surface area contributed by atoms with Gasteiger partial charge >= 0.3 is 6.03 Å². The lowest BCUT2D eigenvalue weighted by molar-refractivity contribution is -0.137. The highest BCUT2D eigenvalue weighted by Gasteiger charge is 2.46. The molecule has 1 saturated heterocycles. The highest BCUT2D eigenvalue weighted by atomic mass is 35.5. The number of benzene rings is 2. The molecule has 2 aromatic rings. The number of carbonyl (C=O) groups excluding carboxylic acids is 4. The predicted molar refractivity (Wildman–Crippen MR) is 127 cm³/mol. The van der Waals surface area contributed by atoms with Gasteiger partial charge in [0.15, 0.2) is 0 Å². The van der Waals surface area contributed by atoms with Crippen molar-refractivity contribution in [2.75, 3.05) is 5.32 Å². The Morgan fingerprint density at radius 2 is 1.94 bits per heavy atom. The summed E-state index contributed by atoms with van der Waals surface area (Å²) in [6, 6.07) is 8.00. The maximum atomic E-state index is 13.4. The zero-order chi connectivity index (χ0) is 24.0. The van der Waals surface area contributed by atoms with E-state index in [1.807, 2.05) is 25.1 Å². The first-order chi connectivity index (χ1) is 16.3. The molecule has 0 saturated carbocycles. The van der Waals surface area contributed by atoms with E-state index in [4.69, 9.17) is 11.6 Å². The first-order valence-corrected chi connectivity index (χ1v) is 11.8. The molecule has 176 valence electrons. The quantitative estimate of drug-likeness (QED) is 0.581. The fourth-order valence-electron chi connectivity index (χ4n) is 5.18. The van der Waals surface area contributed by atoms with E-state index in [1.165, 1.54) is 0 Å². The summed E-state index contributed by atoms with van der Waals surface area (Å²) in [4.78, 5) is 51.6. The Hall–Kier alpha value is -3.39. The molecular formula is C25H25ClN4O4. The summed E-state index contributed by atoms with van der Waals surface area (Å²) in [5.74, 6) is -0.883. The molecule has 3 N–H and O–H groups in total. The van der Waals surface area contributed by atoms with Crippen LogP contribution in [0.5, 0.6) is 0 Å². The number of imide groups is 1. The van der Waals surface area contributed by atoms with Crippen LogP contribution in [0.15, 0.2) is 30.3 Å². The number of halogens is 1. The van der Waals surface area contributed by atoms with Crippen LogP contribution in [0.1, 0.15) is 64.3 Å². The second-order valence-electron chi connectivity index (χ2n) is 9.08. The number of nitrogens with zero attached hydrogens (tertiary/aromatic N) is 1. The molecule has 2 aromatic carbocycles. The minimum Gasteiger partial charge on any atom is -0.334 e. The number of rotatable bonds is 4. The number of carbonyl (C=O) groups is 4. The average molecular weight is 481 g/mol. The van der Waals surface area contributed by atoms with Gasteiger partial charge in [-0.25, -0.2) is 4.79 Å².